The van der Waals surface area contributed by atoms with Gasteiger partial charge in [0.05, 0.1) is 26.7 Å². The van der Waals surface area contributed by atoms with Gasteiger partial charge in [0.15, 0.2) is 0 Å². The van der Waals surface area contributed by atoms with Crippen LogP contribution in [0.2, 0.25) is 0 Å². The van der Waals surface area contributed by atoms with Crippen molar-refractivity contribution in [2.24, 2.45) is 0 Å². The first-order valence-electron chi connectivity index (χ1n) is 7.99. The molecule has 0 radical (unpaired) electrons. The summed E-state index contributed by atoms with van der Waals surface area (Å²) in [4.78, 5) is 0. The average Bonchev–Trinajstić information content (AvgIpc) is 2.35. The zero-order valence-corrected chi connectivity index (χ0v) is 14.5. The highest BCUT2D eigenvalue weighted by atomic mass is 79.9. The van der Waals surface area contributed by atoms with E-state index in [1.807, 2.05) is 0 Å². The molecular formula is C16H34BrN. The van der Waals surface area contributed by atoms with E-state index in [1.54, 1.807) is 0 Å². The molecule has 1 nitrogen and oxygen atoms in total. The standard InChI is InChI=1S/C16H34N.BrH/c1-4-5-6-7-8-12-15-17(2,3)16-13-10-9-11-14-16;/h16H,4-15H2,1-3H3;1H/q+1;/p-1. The number of unbranched alkanes of at least 4 members (excludes halogenated alkanes) is 5. The molecule has 0 amide bonds. The van der Waals surface area contributed by atoms with Gasteiger partial charge in [0, 0.05) is 0 Å². The molecule has 0 aliphatic heterocycles. The number of hydrogen-bond acceptors (Lipinski definition) is 0. The summed E-state index contributed by atoms with van der Waals surface area (Å²) in [5.41, 5.74) is 0. The number of hydrogen-bond donors (Lipinski definition) is 0. The van der Waals surface area contributed by atoms with Gasteiger partial charge >= 0.3 is 0 Å². The number of nitrogens with zero attached hydrogens (tertiary/aromatic N) is 1. The maximum atomic E-state index is 2.46. The lowest BCUT2D eigenvalue weighted by atomic mass is 9.93. The van der Waals surface area contributed by atoms with Crippen LogP contribution in [0, 0.1) is 0 Å². The molecule has 0 heterocycles. The van der Waals surface area contributed by atoms with Crippen molar-refractivity contribution in [2.75, 3.05) is 20.6 Å². The summed E-state index contributed by atoms with van der Waals surface area (Å²) in [6.07, 6.45) is 16.0. The van der Waals surface area contributed by atoms with Crippen LogP contribution < -0.4 is 17.0 Å². The Balaban J connectivity index is 0.00000289. The molecule has 1 aliphatic rings. The molecule has 0 bridgehead atoms. The fourth-order valence-corrected chi connectivity index (χ4v) is 3.26. The molecule has 0 atom stereocenters. The van der Waals surface area contributed by atoms with Crippen molar-refractivity contribution in [2.45, 2.75) is 83.6 Å². The lowest BCUT2D eigenvalue weighted by Crippen LogP contribution is -3.00. The first-order valence-corrected chi connectivity index (χ1v) is 7.99. The summed E-state index contributed by atoms with van der Waals surface area (Å²) in [6.45, 7) is 3.69. The minimum atomic E-state index is 0. The summed E-state index contributed by atoms with van der Waals surface area (Å²) in [6, 6.07) is 0.958. The van der Waals surface area contributed by atoms with Crippen LogP contribution in [0.15, 0.2) is 0 Å². The van der Waals surface area contributed by atoms with Gasteiger partial charge in [-0.25, -0.2) is 0 Å². The minimum Gasteiger partial charge on any atom is -1.00 e. The molecule has 0 N–H and O–H groups in total. The second-order valence-corrected chi connectivity index (χ2v) is 6.56. The molecule has 2 heteroatoms. The Bertz CT molecular complexity index is 186. The van der Waals surface area contributed by atoms with Crippen molar-refractivity contribution in [3.63, 3.8) is 0 Å². The second kappa shape index (κ2) is 10.3. The second-order valence-electron chi connectivity index (χ2n) is 6.56. The minimum absolute atomic E-state index is 0. The SMILES string of the molecule is CCCCCCCC[N+](C)(C)C1CCCCC1.[Br-]. The molecule has 0 aromatic rings. The first kappa shape index (κ1) is 18.4. The third-order valence-electron chi connectivity index (χ3n) is 4.65. The van der Waals surface area contributed by atoms with E-state index in [4.69, 9.17) is 0 Å². The van der Waals surface area contributed by atoms with E-state index < -0.39 is 0 Å². The van der Waals surface area contributed by atoms with Gasteiger partial charge in [-0.15, -0.1) is 0 Å². The van der Waals surface area contributed by atoms with E-state index in [9.17, 15) is 0 Å². The average molecular weight is 320 g/mol. The van der Waals surface area contributed by atoms with Crippen molar-refractivity contribution in [3.8, 4) is 0 Å². The third-order valence-corrected chi connectivity index (χ3v) is 4.65. The predicted molar refractivity (Wildman–Crippen MR) is 77.2 cm³/mol. The summed E-state index contributed by atoms with van der Waals surface area (Å²) < 4.78 is 1.29. The lowest BCUT2D eigenvalue weighted by Gasteiger charge is -2.40. The Morgan fingerprint density at radius 2 is 1.39 bits per heavy atom. The summed E-state index contributed by atoms with van der Waals surface area (Å²) >= 11 is 0. The van der Waals surface area contributed by atoms with E-state index in [2.05, 4.69) is 21.0 Å². The smallest absolute Gasteiger partial charge is 0.0886 e. The largest absolute Gasteiger partial charge is 1.00 e. The van der Waals surface area contributed by atoms with E-state index in [0.717, 1.165) is 6.04 Å². The molecule has 1 aliphatic carbocycles. The summed E-state index contributed by atoms with van der Waals surface area (Å²) in [7, 11) is 4.92. The Labute approximate surface area is 126 Å². The van der Waals surface area contributed by atoms with Crippen molar-refractivity contribution in [1.82, 2.24) is 0 Å². The highest BCUT2D eigenvalue weighted by molar-refractivity contribution is 4.65. The van der Waals surface area contributed by atoms with Crippen molar-refractivity contribution >= 4 is 0 Å². The third kappa shape index (κ3) is 7.13. The van der Waals surface area contributed by atoms with Gasteiger partial charge in [-0.3, -0.25) is 0 Å². The van der Waals surface area contributed by atoms with Crippen LogP contribution in [0.25, 0.3) is 0 Å². The molecule has 1 fully saturated rings. The summed E-state index contributed by atoms with van der Waals surface area (Å²) in [5, 5.41) is 0. The predicted octanol–water partition coefficient (Wildman–Crippen LogP) is 1.76. The zero-order chi connectivity index (χ0) is 12.6. The molecule has 0 spiro atoms. The van der Waals surface area contributed by atoms with Crippen LogP contribution in [0.1, 0.15) is 77.6 Å². The van der Waals surface area contributed by atoms with Crippen LogP contribution in [0.4, 0.5) is 0 Å². The molecule has 1 saturated carbocycles. The van der Waals surface area contributed by atoms with E-state index in [1.165, 1.54) is 81.7 Å². The van der Waals surface area contributed by atoms with E-state index in [-0.39, 0.29) is 17.0 Å². The molecule has 0 unspecified atom stereocenters. The van der Waals surface area contributed by atoms with Crippen LogP contribution in [-0.2, 0) is 0 Å². The molecule has 0 saturated heterocycles. The molecule has 0 aromatic carbocycles. The van der Waals surface area contributed by atoms with Gasteiger partial charge in [0.25, 0.3) is 0 Å². The first-order chi connectivity index (χ1) is 8.17. The highest BCUT2D eigenvalue weighted by Crippen LogP contribution is 2.26. The Morgan fingerprint density at radius 3 is 2.00 bits per heavy atom. The molecule has 110 valence electrons. The van der Waals surface area contributed by atoms with Crippen LogP contribution in [0.3, 0.4) is 0 Å². The normalized spacial score (nSPS) is 17.5. The van der Waals surface area contributed by atoms with E-state index in [0.29, 0.717) is 0 Å². The fraction of sp³-hybridized carbons (Fsp3) is 1.00. The monoisotopic (exact) mass is 319 g/mol. The van der Waals surface area contributed by atoms with Gasteiger partial charge in [-0.1, -0.05) is 39.0 Å². The van der Waals surface area contributed by atoms with Crippen LogP contribution in [-0.4, -0.2) is 31.2 Å². The number of quaternary nitrogens is 1. The molecule has 1 rings (SSSR count). The highest BCUT2D eigenvalue weighted by Gasteiger charge is 2.28. The van der Waals surface area contributed by atoms with Crippen molar-refractivity contribution < 1.29 is 21.5 Å². The van der Waals surface area contributed by atoms with E-state index >= 15 is 0 Å². The topological polar surface area (TPSA) is 0 Å². The van der Waals surface area contributed by atoms with Gasteiger partial charge in [-0.05, 0) is 38.5 Å². The maximum absolute atomic E-state index is 2.46. The molecule has 0 aromatic heterocycles. The maximum Gasteiger partial charge on any atom is 0.0886 e. The van der Waals surface area contributed by atoms with Crippen molar-refractivity contribution in [3.05, 3.63) is 0 Å². The van der Waals surface area contributed by atoms with Crippen molar-refractivity contribution in [1.29, 1.82) is 0 Å². The van der Waals surface area contributed by atoms with Crippen LogP contribution in [0.5, 0.6) is 0 Å². The Morgan fingerprint density at radius 1 is 0.833 bits per heavy atom. The molecular weight excluding hydrogens is 286 g/mol. The number of halogens is 1. The summed E-state index contributed by atoms with van der Waals surface area (Å²) in [5.74, 6) is 0. The van der Waals surface area contributed by atoms with Gasteiger partial charge in [0.1, 0.15) is 0 Å². The zero-order valence-electron chi connectivity index (χ0n) is 12.9. The van der Waals surface area contributed by atoms with Gasteiger partial charge < -0.3 is 21.5 Å². The van der Waals surface area contributed by atoms with Crippen LogP contribution >= 0.6 is 0 Å². The Hall–Kier alpha value is 0.440. The van der Waals surface area contributed by atoms with Gasteiger partial charge in [-0.2, -0.15) is 0 Å². The van der Waals surface area contributed by atoms with Gasteiger partial charge in [0.2, 0.25) is 0 Å². The fourth-order valence-electron chi connectivity index (χ4n) is 3.26. The number of rotatable bonds is 8. The quantitative estimate of drug-likeness (QED) is 0.472. The molecule has 18 heavy (non-hydrogen) atoms. The lowest BCUT2D eigenvalue weighted by molar-refractivity contribution is -0.916. The Kier molecular flexibility index (Phi) is 10.5.